The van der Waals surface area contributed by atoms with E-state index in [1.54, 1.807) is 6.92 Å². The molecule has 1 aromatic rings. The van der Waals surface area contributed by atoms with Crippen molar-refractivity contribution >= 4 is 11.9 Å². The molecule has 1 atom stereocenters. The molecule has 0 bridgehead atoms. The number of carbonyl (C=O) groups is 2. The molecule has 2 N–H and O–H groups in total. The summed E-state index contributed by atoms with van der Waals surface area (Å²) in [4.78, 5) is 36.6. The SMILES string of the molecule is Cc1cc(O)cc(=O)n1CC(=O)N(C1CC1)C(C)C(=O)O. The van der Waals surface area contributed by atoms with Gasteiger partial charge in [-0.2, -0.15) is 0 Å². The van der Waals surface area contributed by atoms with E-state index in [4.69, 9.17) is 5.11 Å². The highest BCUT2D eigenvalue weighted by molar-refractivity contribution is 5.84. The Morgan fingerprint density at radius 3 is 2.52 bits per heavy atom. The number of rotatable bonds is 5. The zero-order chi connectivity index (χ0) is 15.7. The minimum atomic E-state index is -1.06. The molecule has 0 spiro atoms. The minimum absolute atomic E-state index is 0.0586. The standard InChI is InChI=1S/C14H18N2O5/c1-8-5-11(17)6-12(18)15(8)7-13(19)16(10-3-4-10)9(2)14(20)21/h5-6,9-10,17H,3-4,7H2,1-2H3,(H,20,21). The van der Waals surface area contributed by atoms with Crippen LogP contribution in [0.5, 0.6) is 5.75 Å². The van der Waals surface area contributed by atoms with Crippen molar-refractivity contribution in [3.05, 3.63) is 28.2 Å². The van der Waals surface area contributed by atoms with Gasteiger partial charge in [-0.1, -0.05) is 0 Å². The van der Waals surface area contributed by atoms with Crippen molar-refractivity contribution in [3.8, 4) is 5.75 Å². The highest BCUT2D eigenvalue weighted by Crippen LogP contribution is 2.29. The summed E-state index contributed by atoms with van der Waals surface area (Å²) in [6.07, 6.45) is 1.57. The number of carboxylic acid groups (broad SMARTS) is 1. The van der Waals surface area contributed by atoms with Crippen LogP contribution in [-0.4, -0.2) is 43.6 Å². The predicted molar refractivity (Wildman–Crippen MR) is 74.1 cm³/mol. The Bertz CT molecular complexity index is 633. The lowest BCUT2D eigenvalue weighted by atomic mass is 10.2. The predicted octanol–water partition coefficient (Wildman–Crippen LogP) is 0.326. The molecular weight excluding hydrogens is 276 g/mol. The molecule has 114 valence electrons. The van der Waals surface area contributed by atoms with Crippen molar-refractivity contribution in [1.82, 2.24) is 9.47 Å². The summed E-state index contributed by atoms with van der Waals surface area (Å²) in [5, 5.41) is 18.4. The number of aromatic nitrogens is 1. The molecule has 1 aromatic heterocycles. The molecule has 0 radical (unpaired) electrons. The zero-order valence-electron chi connectivity index (χ0n) is 11.9. The Labute approximate surface area is 121 Å². The van der Waals surface area contributed by atoms with Gasteiger partial charge < -0.3 is 19.7 Å². The Morgan fingerprint density at radius 1 is 1.43 bits per heavy atom. The van der Waals surface area contributed by atoms with Crippen molar-refractivity contribution in [1.29, 1.82) is 0 Å². The van der Waals surface area contributed by atoms with Gasteiger partial charge in [-0.25, -0.2) is 4.79 Å². The molecule has 1 unspecified atom stereocenters. The van der Waals surface area contributed by atoms with Gasteiger partial charge in [-0.15, -0.1) is 0 Å². The molecule has 21 heavy (non-hydrogen) atoms. The minimum Gasteiger partial charge on any atom is -0.508 e. The second-order valence-electron chi connectivity index (χ2n) is 5.33. The molecule has 1 saturated carbocycles. The quantitative estimate of drug-likeness (QED) is 0.815. The fourth-order valence-corrected chi connectivity index (χ4v) is 2.34. The number of nitrogens with zero attached hydrogens (tertiary/aromatic N) is 2. The van der Waals surface area contributed by atoms with Gasteiger partial charge in [0.05, 0.1) is 0 Å². The third-order valence-electron chi connectivity index (χ3n) is 3.62. The van der Waals surface area contributed by atoms with E-state index in [1.807, 2.05) is 0 Å². The summed E-state index contributed by atoms with van der Waals surface area (Å²) in [6.45, 7) is 2.85. The van der Waals surface area contributed by atoms with E-state index in [0.29, 0.717) is 5.69 Å². The van der Waals surface area contributed by atoms with Crippen LogP contribution in [0.3, 0.4) is 0 Å². The fourth-order valence-electron chi connectivity index (χ4n) is 2.34. The van der Waals surface area contributed by atoms with Crippen LogP contribution in [0.2, 0.25) is 0 Å². The van der Waals surface area contributed by atoms with Crippen molar-refractivity contribution in [2.45, 2.75) is 45.3 Å². The van der Waals surface area contributed by atoms with Crippen LogP contribution in [0.4, 0.5) is 0 Å². The molecule has 0 aromatic carbocycles. The molecule has 1 amide bonds. The molecule has 0 aliphatic heterocycles. The van der Waals surface area contributed by atoms with E-state index in [9.17, 15) is 19.5 Å². The largest absolute Gasteiger partial charge is 0.508 e. The summed E-state index contributed by atoms with van der Waals surface area (Å²) in [5.41, 5.74) is -0.0355. The highest BCUT2D eigenvalue weighted by Gasteiger charge is 2.38. The van der Waals surface area contributed by atoms with E-state index < -0.39 is 23.5 Å². The van der Waals surface area contributed by atoms with Crippen molar-refractivity contribution in [2.24, 2.45) is 0 Å². The van der Waals surface area contributed by atoms with E-state index in [-0.39, 0.29) is 18.3 Å². The third-order valence-corrected chi connectivity index (χ3v) is 3.62. The Kier molecular flexibility index (Phi) is 4.02. The molecule has 1 heterocycles. The van der Waals surface area contributed by atoms with Crippen LogP contribution in [0.25, 0.3) is 0 Å². The van der Waals surface area contributed by atoms with E-state index in [2.05, 4.69) is 0 Å². The van der Waals surface area contributed by atoms with Gasteiger partial charge in [-0.3, -0.25) is 9.59 Å². The highest BCUT2D eigenvalue weighted by atomic mass is 16.4. The molecule has 7 heteroatoms. The van der Waals surface area contributed by atoms with E-state index in [1.165, 1.54) is 22.5 Å². The van der Waals surface area contributed by atoms with Crippen LogP contribution in [0.15, 0.2) is 16.9 Å². The number of aromatic hydroxyl groups is 1. The number of aryl methyl sites for hydroxylation is 1. The molecule has 1 aliphatic carbocycles. The van der Waals surface area contributed by atoms with Crippen LogP contribution < -0.4 is 5.56 Å². The number of hydrogen-bond donors (Lipinski definition) is 2. The number of amides is 1. The van der Waals surface area contributed by atoms with Gasteiger partial charge in [0.15, 0.2) is 0 Å². The van der Waals surface area contributed by atoms with E-state index >= 15 is 0 Å². The number of pyridine rings is 1. The normalized spacial score (nSPS) is 15.5. The lowest BCUT2D eigenvalue weighted by molar-refractivity contribution is -0.150. The first-order valence-electron chi connectivity index (χ1n) is 6.75. The topological polar surface area (TPSA) is 99.8 Å². The summed E-state index contributed by atoms with van der Waals surface area (Å²) >= 11 is 0. The van der Waals surface area contributed by atoms with Gasteiger partial charge in [0, 0.05) is 17.8 Å². The van der Waals surface area contributed by atoms with Crippen LogP contribution in [-0.2, 0) is 16.1 Å². The monoisotopic (exact) mass is 294 g/mol. The first kappa shape index (κ1) is 15.1. The molecule has 7 nitrogen and oxygen atoms in total. The van der Waals surface area contributed by atoms with Crippen molar-refractivity contribution in [3.63, 3.8) is 0 Å². The molecule has 1 fully saturated rings. The zero-order valence-corrected chi connectivity index (χ0v) is 11.9. The van der Waals surface area contributed by atoms with Crippen LogP contribution >= 0.6 is 0 Å². The average Bonchev–Trinajstić information content (AvgIpc) is 3.18. The molecule has 2 rings (SSSR count). The summed E-state index contributed by atoms with van der Waals surface area (Å²) in [5.74, 6) is -1.62. The summed E-state index contributed by atoms with van der Waals surface area (Å²) in [6, 6.07) is 1.44. The van der Waals surface area contributed by atoms with Crippen LogP contribution in [0, 0.1) is 6.92 Å². The lowest BCUT2D eigenvalue weighted by Gasteiger charge is -2.27. The molecule has 1 aliphatic rings. The van der Waals surface area contributed by atoms with Gasteiger partial charge in [0.25, 0.3) is 5.56 Å². The molecule has 0 saturated heterocycles. The Morgan fingerprint density at radius 2 is 2.05 bits per heavy atom. The van der Waals surface area contributed by atoms with Crippen LogP contribution in [0.1, 0.15) is 25.5 Å². The maximum Gasteiger partial charge on any atom is 0.326 e. The number of carbonyl (C=O) groups excluding carboxylic acids is 1. The Hall–Kier alpha value is -2.31. The summed E-state index contributed by atoms with van der Waals surface area (Å²) in [7, 11) is 0. The third kappa shape index (κ3) is 3.24. The van der Waals surface area contributed by atoms with Gasteiger partial charge in [-0.05, 0) is 32.8 Å². The molecular formula is C14H18N2O5. The van der Waals surface area contributed by atoms with Gasteiger partial charge in [0.2, 0.25) is 5.91 Å². The Balaban J connectivity index is 2.24. The second-order valence-corrected chi connectivity index (χ2v) is 5.33. The maximum absolute atomic E-state index is 12.4. The number of carboxylic acids is 1. The second kappa shape index (κ2) is 5.59. The lowest BCUT2D eigenvalue weighted by Crippen LogP contribution is -2.47. The maximum atomic E-state index is 12.4. The van der Waals surface area contributed by atoms with E-state index in [0.717, 1.165) is 18.9 Å². The number of hydrogen-bond acceptors (Lipinski definition) is 4. The van der Waals surface area contributed by atoms with Crippen molar-refractivity contribution in [2.75, 3.05) is 0 Å². The van der Waals surface area contributed by atoms with Gasteiger partial charge >= 0.3 is 5.97 Å². The first-order valence-corrected chi connectivity index (χ1v) is 6.75. The summed E-state index contributed by atoms with van der Waals surface area (Å²) < 4.78 is 1.23. The first-order chi connectivity index (χ1) is 9.81. The fraction of sp³-hybridized carbons (Fsp3) is 0.500. The van der Waals surface area contributed by atoms with Gasteiger partial charge in [0.1, 0.15) is 18.3 Å². The average molecular weight is 294 g/mol. The smallest absolute Gasteiger partial charge is 0.326 e. The number of aliphatic carboxylic acids is 1. The van der Waals surface area contributed by atoms with Crippen molar-refractivity contribution < 1.29 is 19.8 Å².